The summed E-state index contributed by atoms with van der Waals surface area (Å²) in [6.45, 7) is 2.04. The number of para-hydroxylation sites is 2. The first-order valence-electron chi connectivity index (χ1n) is 19.1. The Hall–Kier alpha value is -7.56. The van der Waals surface area contributed by atoms with Gasteiger partial charge < -0.3 is 9.52 Å². The Morgan fingerprint density at radius 2 is 0.860 bits per heavy atom. The molecular formula is C53H36N2O2. The van der Waals surface area contributed by atoms with Crippen LogP contribution in [0.5, 0.6) is 5.75 Å². The van der Waals surface area contributed by atoms with Crippen LogP contribution in [0.1, 0.15) is 5.69 Å². The molecule has 57 heavy (non-hydrogen) atoms. The van der Waals surface area contributed by atoms with E-state index in [2.05, 4.69) is 121 Å². The summed E-state index contributed by atoms with van der Waals surface area (Å²) >= 11 is 0. The average Bonchev–Trinajstić information content (AvgIpc) is 3.66. The number of rotatable bonds is 7. The zero-order chi connectivity index (χ0) is 38.3. The second-order valence-corrected chi connectivity index (χ2v) is 14.4. The first-order valence-corrected chi connectivity index (χ1v) is 19.1. The van der Waals surface area contributed by atoms with Crippen LogP contribution in [0.2, 0.25) is 0 Å². The Balaban J connectivity index is 1.06. The molecule has 0 aliphatic heterocycles. The van der Waals surface area contributed by atoms with E-state index in [1.54, 1.807) is 0 Å². The number of benzene rings is 7. The fourth-order valence-electron chi connectivity index (χ4n) is 7.87. The highest BCUT2D eigenvalue weighted by atomic mass is 16.3. The number of nitrogens with zero attached hydrogens (tertiary/aromatic N) is 2. The number of fused-ring (bicyclic) bond motifs is 3. The molecule has 3 aromatic heterocycles. The molecule has 0 spiro atoms. The Kier molecular flexibility index (Phi) is 8.50. The van der Waals surface area contributed by atoms with E-state index in [1.165, 1.54) is 0 Å². The van der Waals surface area contributed by atoms with Crippen molar-refractivity contribution in [2.75, 3.05) is 0 Å². The summed E-state index contributed by atoms with van der Waals surface area (Å²) in [6.07, 6.45) is 0. The van der Waals surface area contributed by atoms with Crippen molar-refractivity contribution in [3.05, 3.63) is 200 Å². The first-order chi connectivity index (χ1) is 28.1. The largest absolute Gasteiger partial charge is 0.507 e. The number of hydrogen-bond acceptors (Lipinski definition) is 4. The van der Waals surface area contributed by atoms with Crippen LogP contribution in [-0.2, 0) is 0 Å². The highest BCUT2D eigenvalue weighted by Gasteiger charge is 2.18. The Bertz CT molecular complexity index is 3080. The van der Waals surface area contributed by atoms with E-state index in [1.807, 2.05) is 79.7 Å². The van der Waals surface area contributed by atoms with Gasteiger partial charge in [-0.15, -0.1) is 0 Å². The molecule has 0 bridgehead atoms. The highest BCUT2D eigenvalue weighted by molar-refractivity contribution is 6.13. The maximum Gasteiger partial charge on any atom is 0.143 e. The van der Waals surface area contributed by atoms with Crippen molar-refractivity contribution in [2.24, 2.45) is 0 Å². The average molecular weight is 733 g/mol. The van der Waals surface area contributed by atoms with Crippen molar-refractivity contribution in [3.8, 4) is 84.0 Å². The third-order valence-corrected chi connectivity index (χ3v) is 10.6. The second-order valence-electron chi connectivity index (χ2n) is 14.4. The van der Waals surface area contributed by atoms with Gasteiger partial charge in [0.25, 0.3) is 0 Å². The SMILES string of the molecule is Cc1cc(-c2cccc3c2oc2c(-c4ccccc4)cccc23)cc(-c2cccc(-c3cc(-c4ccccc4)cc(-c4ccc(-c5ccccc5)cc4O)n3)c2)n1. The molecule has 0 amide bonds. The molecule has 4 nitrogen and oxygen atoms in total. The van der Waals surface area contributed by atoms with Gasteiger partial charge in [0.1, 0.15) is 16.9 Å². The Labute approximate surface area is 331 Å². The molecule has 0 saturated carbocycles. The maximum atomic E-state index is 11.4. The lowest BCUT2D eigenvalue weighted by Gasteiger charge is -2.13. The number of phenolic OH excluding ortho intramolecular Hbond substituents is 1. The lowest BCUT2D eigenvalue weighted by molar-refractivity contribution is 0.477. The zero-order valence-electron chi connectivity index (χ0n) is 31.2. The topological polar surface area (TPSA) is 59.2 Å². The van der Waals surface area contributed by atoms with Crippen molar-refractivity contribution >= 4 is 21.9 Å². The molecule has 0 radical (unpaired) electrons. The molecule has 4 heteroatoms. The fourth-order valence-corrected chi connectivity index (χ4v) is 7.87. The zero-order valence-corrected chi connectivity index (χ0v) is 31.2. The van der Waals surface area contributed by atoms with E-state index in [9.17, 15) is 5.11 Å². The van der Waals surface area contributed by atoms with Crippen LogP contribution >= 0.6 is 0 Å². The normalized spacial score (nSPS) is 11.3. The minimum absolute atomic E-state index is 0.181. The summed E-state index contributed by atoms with van der Waals surface area (Å²) in [5.41, 5.74) is 15.9. The van der Waals surface area contributed by atoms with Gasteiger partial charge in [-0.05, 0) is 82.8 Å². The minimum Gasteiger partial charge on any atom is -0.507 e. The van der Waals surface area contributed by atoms with Crippen LogP contribution in [-0.4, -0.2) is 15.1 Å². The standard InChI is InChI=1S/C53H36N2O2/c1-34-28-42(44-23-13-25-46-45-24-12-22-43(52(45)57-53(44)46)37-18-9-4-10-19-37)32-48(54-34)39-20-11-21-40(29-39)49-30-41(36-16-7-3-8-17-36)31-50(55-49)47-27-26-38(33-51(47)56)35-14-5-2-6-15-35/h2-33,56H,1H3. The molecule has 3 heterocycles. The van der Waals surface area contributed by atoms with E-state index < -0.39 is 0 Å². The molecule has 0 aliphatic carbocycles. The highest BCUT2D eigenvalue weighted by Crippen LogP contribution is 2.41. The van der Waals surface area contributed by atoms with E-state index >= 15 is 0 Å². The number of phenols is 1. The van der Waals surface area contributed by atoms with Gasteiger partial charge in [0.05, 0.1) is 17.1 Å². The third kappa shape index (κ3) is 6.43. The van der Waals surface area contributed by atoms with Crippen molar-refractivity contribution in [1.29, 1.82) is 0 Å². The predicted octanol–water partition coefficient (Wildman–Crippen LogP) is 14.1. The second kappa shape index (κ2) is 14.3. The number of pyridine rings is 2. The molecule has 0 unspecified atom stereocenters. The Morgan fingerprint density at radius 3 is 1.49 bits per heavy atom. The van der Waals surface area contributed by atoms with Crippen molar-refractivity contribution in [1.82, 2.24) is 9.97 Å². The quantitative estimate of drug-likeness (QED) is 0.177. The van der Waals surface area contributed by atoms with Crippen molar-refractivity contribution in [2.45, 2.75) is 6.92 Å². The summed E-state index contributed by atoms with van der Waals surface area (Å²) in [5.74, 6) is 0.181. The molecular weight excluding hydrogens is 697 g/mol. The molecule has 0 aliphatic rings. The van der Waals surface area contributed by atoms with E-state index in [4.69, 9.17) is 14.4 Å². The smallest absolute Gasteiger partial charge is 0.143 e. The summed E-state index contributed by atoms with van der Waals surface area (Å²) < 4.78 is 6.77. The van der Waals surface area contributed by atoms with Crippen molar-refractivity contribution in [3.63, 3.8) is 0 Å². The van der Waals surface area contributed by atoms with E-state index in [0.717, 1.165) is 94.7 Å². The van der Waals surface area contributed by atoms with Crippen LogP contribution in [0.25, 0.3) is 100 Å². The molecule has 10 aromatic rings. The molecule has 270 valence electrons. The van der Waals surface area contributed by atoms with Gasteiger partial charge in [-0.2, -0.15) is 0 Å². The number of aryl methyl sites for hydroxylation is 1. The summed E-state index contributed by atoms with van der Waals surface area (Å²) in [4.78, 5) is 10.2. The predicted molar refractivity (Wildman–Crippen MR) is 234 cm³/mol. The summed E-state index contributed by atoms with van der Waals surface area (Å²) in [5, 5.41) is 13.6. The molecule has 0 saturated heterocycles. The summed E-state index contributed by atoms with van der Waals surface area (Å²) in [6, 6.07) is 66.1. The van der Waals surface area contributed by atoms with Crippen LogP contribution in [0, 0.1) is 6.92 Å². The minimum atomic E-state index is 0.181. The number of aromatic hydroxyl groups is 1. The number of hydrogen-bond donors (Lipinski definition) is 1. The molecule has 7 aromatic carbocycles. The van der Waals surface area contributed by atoms with Gasteiger partial charge in [-0.1, -0.05) is 152 Å². The first kappa shape index (κ1) is 34.0. The molecule has 10 rings (SSSR count). The van der Waals surface area contributed by atoms with Gasteiger partial charge >= 0.3 is 0 Å². The van der Waals surface area contributed by atoms with Gasteiger partial charge in [0, 0.05) is 44.3 Å². The van der Waals surface area contributed by atoms with Crippen LogP contribution < -0.4 is 0 Å². The number of furan rings is 1. The molecule has 1 N–H and O–H groups in total. The fraction of sp³-hybridized carbons (Fsp3) is 0.0189. The summed E-state index contributed by atoms with van der Waals surface area (Å²) in [7, 11) is 0. The monoisotopic (exact) mass is 732 g/mol. The van der Waals surface area contributed by atoms with Crippen LogP contribution in [0.3, 0.4) is 0 Å². The number of aromatic nitrogens is 2. The van der Waals surface area contributed by atoms with Gasteiger partial charge in [0.15, 0.2) is 0 Å². The van der Waals surface area contributed by atoms with E-state index in [0.29, 0.717) is 11.3 Å². The third-order valence-electron chi connectivity index (χ3n) is 10.6. The lowest BCUT2D eigenvalue weighted by atomic mass is 9.96. The van der Waals surface area contributed by atoms with Crippen LogP contribution in [0.15, 0.2) is 199 Å². The van der Waals surface area contributed by atoms with Gasteiger partial charge in [-0.25, -0.2) is 4.98 Å². The maximum absolute atomic E-state index is 11.4. The lowest BCUT2D eigenvalue weighted by Crippen LogP contribution is -1.93. The molecule has 0 fully saturated rings. The van der Waals surface area contributed by atoms with Gasteiger partial charge in [0.2, 0.25) is 0 Å². The van der Waals surface area contributed by atoms with Crippen LogP contribution in [0.4, 0.5) is 0 Å². The molecule has 0 atom stereocenters. The Morgan fingerprint density at radius 1 is 0.351 bits per heavy atom. The van der Waals surface area contributed by atoms with E-state index in [-0.39, 0.29) is 5.75 Å². The van der Waals surface area contributed by atoms with Gasteiger partial charge in [-0.3, -0.25) is 4.98 Å². The van der Waals surface area contributed by atoms with Crippen molar-refractivity contribution < 1.29 is 9.52 Å².